The van der Waals surface area contributed by atoms with Crippen LogP contribution in [0.5, 0.6) is 5.75 Å². The van der Waals surface area contributed by atoms with Gasteiger partial charge in [-0.2, -0.15) is 0 Å². The van der Waals surface area contributed by atoms with Crippen molar-refractivity contribution in [3.63, 3.8) is 0 Å². The third kappa shape index (κ3) is 6.19. The molecule has 0 aliphatic carbocycles. The number of likely N-dealkylation sites (tertiary alicyclic amines) is 1. The monoisotopic (exact) mass is 491 g/mol. The highest BCUT2D eigenvalue weighted by Crippen LogP contribution is 2.36. The maximum Gasteiger partial charge on any atom is 0.261 e. The molecule has 0 radical (unpaired) electrons. The second-order valence-corrected chi connectivity index (χ2v) is 11.1. The number of anilines is 1. The van der Waals surface area contributed by atoms with Gasteiger partial charge in [-0.3, -0.25) is 14.0 Å². The summed E-state index contributed by atoms with van der Waals surface area (Å²) in [5.74, 6) is 0.0543. The average molecular weight is 492 g/mol. The van der Waals surface area contributed by atoms with Crippen LogP contribution in [-0.4, -0.2) is 51.2 Å². The molecule has 1 fully saturated rings. The zero-order valence-corrected chi connectivity index (χ0v) is 20.4. The number of amides is 1. The molecule has 0 saturated carbocycles. The minimum Gasteiger partial charge on any atom is -0.478 e. The van der Waals surface area contributed by atoms with Gasteiger partial charge in [0.05, 0.1) is 11.9 Å². The number of nitrogens with one attached hydrogen (secondary N) is 1. The first kappa shape index (κ1) is 23.9. The van der Waals surface area contributed by atoms with Crippen LogP contribution in [0, 0.1) is 0 Å². The molecule has 2 aliphatic rings. The number of ether oxygens (including phenoxy) is 1. The minimum absolute atomic E-state index is 0.135. The molecule has 2 aliphatic heterocycles. The van der Waals surface area contributed by atoms with Gasteiger partial charge >= 0.3 is 0 Å². The van der Waals surface area contributed by atoms with E-state index in [1.54, 1.807) is 18.2 Å². The summed E-state index contributed by atoms with van der Waals surface area (Å²) in [7, 11) is -3.54. The molecule has 178 valence electrons. The predicted octanol–water partition coefficient (Wildman–Crippen LogP) is 3.56. The van der Waals surface area contributed by atoms with Gasteiger partial charge < -0.3 is 10.1 Å². The summed E-state index contributed by atoms with van der Waals surface area (Å²) in [4.78, 5) is 15.4. The van der Waals surface area contributed by atoms with E-state index in [0.29, 0.717) is 23.0 Å². The van der Waals surface area contributed by atoms with Crippen LogP contribution in [0.2, 0.25) is 5.02 Å². The van der Waals surface area contributed by atoms with E-state index in [-0.39, 0.29) is 18.9 Å². The fourth-order valence-electron chi connectivity index (χ4n) is 4.40. The summed E-state index contributed by atoms with van der Waals surface area (Å²) in [6.45, 7) is 3.72. The highest BCUT2D eigenvalue weighted by atomic mass is 35.5. The molecule has 0 bridgehead atoms. The van der Waals surface area contributed by atoms with Crippen LogP contribution < -0.4 is 14.4 Å². The standard InChI is InChI=1S/C24H30ClN3O4S/c1-33(30,31)28-13-10-23(32-22-9-8-20(25)15-21(22)28)24(29)26-16-18-6-5-7-19(14-18)17-27-11-3-2-4-12-27/h5-9,14-15,23H,2-4,10-13,16-17H2,1H3,(H,26,29). The first-order valence-electron chi connectivity index (χ1n) is 11.3. The number of piperidine rings is 1. The van der Waals surface area contributed by atoms with Crippen LogP contribution in [0.3, 0.4) is 0 Å². The highest BCUT2D eigenvalue weighted by Gasteiger charge is 2.31. The molecular formula is C24H30ClN3O4S. The van der Waals surface area contributed by atoms with Crippen molar-refractivity contribution in [2.45, 2.75) is 44.9 Å². The van der Waals surface area contributed by atoms with Gasteiger partial charge in [-0.15, -0.1) is 0 Å². The second kappa shape index (κ2) is 10.3. The number of nitrogens with zero attached hydrogens (tertiary/aromatic N) is 2. The molecule has 7 nitrogen and oxygen atoms in total. The Kier molecular flexibility index (Phi) is 7.46. The number of hydrogen-bond donors (Lipinski definition) is 1. The Labute approximate surface area is 200 Å². The molecular weight excluding hydrogens is 462 g/mol. The zero-order valence-electron chi connectivity index (χ0n) is 18.8. The first-order chi connectivity index (χ1) is 15.8. The lowest BCUT2D eigenvalue weighted by Gasteiger charge is -2.26. The number of rotatable bonds is 6. The molecule has 2 heterocycles. The fourth-order valence-corrected chi connectivity index (χ4v) is 5.50. The van der Waals surface area contributed by atoms with Gasteiger partial charge in [-0.25, -0.2) is 8.42 Å². The van der Waals surface area contributed by atoms with Crippen molar-refractivity contribution < 1.29 is 17.9 Å². The van der Waals surface area contributed by atoms with Crippen LogP contribution in [0.25, 0.3) is 0 Å². The summed E-state index contributed by atoms with van der Waals surface area (Å²) >= 11 is 6.08. The van der Waals surface area contributed by atoms with E-state index in [2.05, 4.69) is 22.3 Å². The van der Waals surface area contributed by atoms with Crippen LogP contribution in [0.15, 0.2) is 42.5 Å². The van der Waals surface area contributed by atoms with Gasteiger partial charge in [-0.05, 0) is 55.3 Å². The van der Waals surface area contributed by atoms with E-state index in [1.165, 1.54) is 29.1 Å². The van der Waals surface area contributed by atoms with Crippen LogP contribution >= 0.6 is 11.6 Å². The predicted molar refractivity (Wildman–Crippen MR) is 130 cm³/mol. The number of carbonyl (C=O) groups excluding carboxylic acids is 1. The minimum atomic E-state index is -3.54. The van der Waals surface area contributed by atoms with Crippen molar-refractivity contribution >= 4 is 33.2 Å². The van der Waals surface area contributed by atoms with Crippen LogP contribution in [0.4, 0.5) is 5.69 Å². The molecule has 2 aromatic rings. The van der Waals surface area contributed by atoms with E-state index in [4.69, 9.17) is 16.3 Å². The Morgan fingerprint density at radius 2 is 1.85 bits per heavy atom. The van der Waals surface area contributed by atoms with E-state index in [9.17, 15) is 13.2 Å². The molecule has 2 aromatic carbocycles. The third-order valence-corrected chi connectivity index (χ3v) is 7.47. The number of benzene rings is 2. The topological polar surface area (TPSA) is 79.0 Å². The van der Waals surface area contributed by atoms with Crippen molar-refractivity contribution in [3.8, 4) is 5.75 Å². The summed E-state index contributed by atoms with van der Waals surface area (Å²) in [5.41, 5.74) is 2.62. The summed E-state index contributed by atoms with van der Waals surface area (Å²) in [5, 5.41) is 3.35. The zero-order chi connectivity index (χ0) is 23.4. The van der Waals surface area contributed by atoms with Gasteiger partial charge in [0.1, 0.15) is 5.75 Å². The molecule has 4 rings (SSSR count). The molecule has 0 spiro atoms. The van der Waals surface area contributed by atoms with E-state index < -0.39 is 16.1 Å². The smallest absolute Gasteiger partial charge is 0.261 e. The lowest BCUT2D eigenvalue weighted by atomic mass is 10.1. The molecule has 33 heavy (non-hydrogen) atoms. The number of fused-ring (bicyclic) bond motifs is 1. The number of halogens is 1. The summed E-state index contributed by atoms with van der Waals surface area (Å²) < 4.78 is 31.8. The van der Waals surface area contributed by atoms with Crippen molar-refractivity contribution in [2.75, 3.05) is 30.2 Å². The molecule has 1 amide bonds. The van der Waals surface area contributed by atoms with Gasteiger partial charge in [0.2, 0.25) is 10.0 Å². The normalized spacial score (nSPS) is 19.3. The molecule has 1 saturated heterocycles. The average Bonchev–Trinajstić information content (AvgIpc) is 2.98. The van der Waals surface area contributed by atoms with E-state index in [1.807, 2.05) is 12.1 Å². The SMILES string of the molecule is CS(=O)(=O)N1CCC(C(=O)NCc2cccc(CN3CCCCC3)c2)Oc2ccc(Cl)cc21. The van der Waals surface area contributed by atoms with Crippen molar-refractivity contribution in [2.24, 2.45) is 0 Å². The summed E-state index contributed by atoms with van der Waals surface area (Å²) in [6.07, 6.45) is 4.39. The Hall–Kier alpha value is -2.29. The van der Waals surface area contributed by atoms with Crippen LogP contribution in [-0.2, 0) is 27.9 Å². The number of carbonyl (C=O) groups is 1. The Morgan fingerprint density at radius 1 is 1.09 bits per heavy atom. The molecule has 0 aromatic heterocycles. The lowest BCUT2D eigenvalue weighted by molar-refractivity contribution is -0.128. The second-order valence-electron chi connectivity index (χ2n) is 8.72. The van der Waals surface area contributed by atoms with Gasteiger partial charge in [0.25, 0.3) is 5.91 Å². The van der Waals surface area contributed by atoms with Crippen molar-refractivity contribution in [1.29, 1.82) is 0 Å². The first-order valence-corrected chi connectivity index (χ1v) is 13.5. The quantitative estimate of drug-likeness (QED) is 0.668. The van der Waals surface area contributed by atoms with Gasteiger partial charge in [0, 0.05) is 31.1 Å². The lowest BCUT2D eigenvalue weighted by Crippen LogP contribution is -2.39. The van der Waals surface area contributed by atoms with Gasteiger partial charge in [0.15, 0.2) is 6.10 Å². The maximum atomic E-state index is 12.9. The Balaban J connectivity index is 1.41. The molecule has 9 heteroatoms. The summed E-state index contributed by atoms with van der Waals surface area (Å²) in [6, 6.07) is 13.0. The third-order valence-electron chi connectivity index (χ3n) is 6.06. The Morgan fingerprint density at radius 3 is 2.61 bits per heavy atom. The highest BCUT2D eigenvalue weighted by molar-refractivity contribution is 7.92. The fraction of sp³-hybridized carbons (Fsp3) is 0.458. The Bertz CT molecular complexity index is 1100. The maximum absolute atomic E-state index is 12.9. The number of hydrogen-bond acceptors (Lipinski definition) is 5. The van der Waals surface area contributed by atoms with Crippen LogP contribution in [0.1, 0.15) is 36.8 Å². The molecule has 1 atom stereocenters. The van der Waals surface area contributed by atoms with Crippen molar-refractivity contribution in [1.82, 2.24) is 10.2 Å². The molecule has 1 unspecified atom stereocenters. The van der Waals surface area contributed by atoms with E-state index in [0.717, 1.165) is 31.5 Å². The van der Waals surface area contributed by atoms with Crippen molar-refractivity contribution in [3.05, 3.63) is 58.6 Å². The number of sulfonamides is 1. The molecule has 1 N–H and O–H groups in total. The largest absolute Gasteiger partial charge is 0.478 e. The van der Waals surface area contributed by atoms with Gasteiger partial charge in [-0.1, -0.05) is 42.3 Å². The van der Waals surface area contributed by atoms with E-state index >= 15 is 0 Å².